The number of aliphatic hydroxyl groups excluding tert-OH is 1. The van der Waals surface area contributed by atoms with Crippen molar-refractivity contribution in [3.63, 3.8) is 0 Å². The summed E-state index contributed by atoms with van der Waals surface area (Å²) in [5.74, 6) is 0.472. The van der Waals surface area contributed by atoms with Crippen molar-refractivity contribution in [1.29, 1.82) is 0 Å². The van der Waals surface area contributed by atoms with Crippen LogP contribution in [0.4, 0.5) is 4.79 Å². The number of rotatable bonds is 15. The van der Waals surface area contributed by atoms with Crippen molar-refractivity contribution in [2.75, 3.05) is 52.6 Å². The standard InChI is InChI=1S/C32H45BrN4O7S/c1-23(2)21-37(45(41,42)27-10-11-30-25(19-27)12-16-44-30)26(22-38)8-5-6-13-34-31(39)29(20-24-7-3-4-9-28(24)33)35-32(40)36-14-17-43-18-15-36/h3-4,7,9-11,19,23,26,29,38H,5-6,8,12-18,20-22H2,1-2H3,(H,34,39)(H,35,40)/t26-,29-/m0/s1. The minimum absolute atomic E-state index is 0.0557. The molecule has 0 unspecified atom stereocenters. The summed E-state index contributed by atoms with van der Waals surface area (Å²) in [6.45, 7) is 6.59. The van der Waals surface area contributed by atoms with Gasteiger partial charge in [-0.2, -0.15) is 4.31 Å². The van der Waals surface area contributed by atoms with Gasteiger partial charge in [0.25, 0.3) is 0 Å². The lowest BCUT2D eigenvalue weighted by Crippen LogP contribution is -2.54. The molecule has 3 N–H and O–H groups in total. The Bertz CT molecular complexity index is 1400. The average Bonchev–Trinajstić information content (AvgIpc) is 3.51. The molecule has 0 aliphatic carbocycles. The second-order valence-electron chi connectivity index (χ2n) is 11.9. The zero-order chi connectivity index (χ0) is 32.4. The molecule has 3 amide bonds. The van der Waals surface area contributed by atoms with Gasteiger partial charge in [0.15, 0.2) is 0 Å². The van der Waals surface area contributed by atoms with Crippen molar-refractivity contribution in [2.45, 2.75) is 62.9 Å². The van der Waals surface area contributed by atoms with Gasteiger partial charge in [-0.15, -0.1) is 0 Å². The first-order valence-electron chi connectivity index (χ1n) is 15.6. The topological polar surface area (TPSA) is 138 Å². The molecule has 248 valence electrons. The van der Waals surface area contributed by atoms with Crippen LogP contribution >= 0.6 is 15.9 Å². The Hall–Kier alpha value is -2.71. The van der Waals surface area contributed by atoms with E-state index in [0.717, 1.165) is 15.6 Å². The first kappa shape index (κ1) is 35.1. The van der Waals surface area contributed by atoms with Gasteiger partial charge >= 0.3 is 6.03 Å². The first-order chi connectivity index (χ1) is 21.6. The fourth-order valence-electron chi connectivity index (χ4n) is 5.53. The molecule has 11 nitrogen and oxygen atoms in total. The third kappa shape index (κ3) is 9.65. The molecule has 45 heavy (non-hydrogen) atoms. The van der Waals surface area contributed by atoms with Crippen LogP contribution in [0.25, 0.3) is 0 Å². The Morgan fingerprint density at radius 2 is 1.84 bits per heavy atom. The van der Waals surface area contributed by atoms with Crippen LogP contribution in [0.3, 0.4) is 0 Å². The maximum Gasteiger partial charge on any atom is 0.318 e. The number of aliphatic hydroxyl groups is 1. The van der Waals surface area contributed by atoms with Crippen LogP contribution in [-0.2, 0) is 32.4 Å². The Morgan fingerprint density at radius 1 is 1.09 bits per heavy atom. The molecule has 4 rings (SSSR count). The van der Waals surface area contributed by atoms with Gasteiger partial charge in [-0.1, -0.05) is 54.4 Å². The predicted molar refractivity (Wildman–Crippen MR) is 175 cm³/mol. The highest BCUT2D eigenvalue weighted by Gasteiger charge is 2.32. The molecule has 2 aliphatic rings. The highest BCUT2D eigenvalue weighted by atomic mass is 79.9. The molecule has 0 radical (unpaired) electrons. The van der Waals surface area contributed by atoms with Gasteiger partial charge in [-0.25, -0.2) is 13.2 Å². The van der Waals surface area contributed by atoms with Crippen LogP contribution < -0.4 is 15.4 Å². The molecule has 0 saturated carbocycles. The fraction of sp³-hybridized carbons (Fsp3) is 0.562. The van der Waals surface area contributed by atoms with Crippen LogP contribution in [0.2, 0.25) is 0 Å². The number of nitrogens with one attached hydrogen (secondary N) is 2. The number of hydrogen-bond acceptors (Lipinski definition) is 7. The number of carbonyl (C=O) groups excluding carboxylic acids is 2. The average molecular weight is 710 g/mol. The number of amides is 3. The Morgan fingerprint density at radius 3 is 2.56 bits per heavy atom. The summed E-state index contributed by atoms with van der Waals surface area (Å²) in [7, 11) is -3.86. The van der Waals surface area contributed by atoms with Crippen molar-refractivity contribution >= 4 is 37.9 Å². The van der Waals surface area contributed by atoms with Gasteiger partial charge in [-0.05, 0) is 54.2 Å². The van der Waals surface area contributed by atoms with Crippen LogP contribution in [-0.4, -0.2) is 99.4 Å². The maximum absolute atomic E-state index is 13.8. The molecule has 0 bridgehead atoms. The van der Waals surface area contributed by atoms with Gasteiger partial charge in [0.05, 0.1) is 31.3 Å². The van der Waals surface area contributed by atoms with E-state index in [2.05, 4.69) is 26.6 Å². The normalized spacial score (nSPS) is 16.3. The quantitative estimate of drug-likeness (QED) is 0.242. The summed E-state index contributed by atoms with van der Waals surface area (Å²) in [5, 5.41) is 16.1. The number of morpholine rings is 1. The molecule has 1 saturated heterocycles. The van der Waals surface area contributed by atoms with E-state index in [1.54, 1.807) is 23.1 Å². The van der Waals surface area contributed by atoms with Gasteiger partial charge in [-0.3, -0.25) is 4.79 Å². The molecule has 2 aliphatic heterocycles. The number of unbranched alkanes of at least 4 members (excludes halogenated alkanes) is 1. The highest BCUT2D eigenvalue weighted by molar-refractivity contribution is 9.10. The summed E-state index contributed by atoms with van der Waals surface area (Å²) >= 11 is 3.53. The van der Waals surface area contributed by atoms with E-state index in [-0.39, 0.29) is 35.9 Å². The second-order valence-corrected chi connectivity index (χ2v) is 14.6. The summed E-state index contributed by atoms with van der Waals surface area (Å²) in [4.78, 5) is 28.1. The van der Waals surface area contributed by atoms with Crippen LogP contribution in [0.5, 0.6) is 5.75 Å². The summed E-state index contributed by atoms with van der Waals surface area (Å²) < 4.78 is 40.7. The molecule has 13 heteroatoms. The van der Waals surface area contributed by atoms with Crippen molar-refractivity contribution < 1.29 is 32.6 Å². The molecule has 0 aromatic heterocycles. The van der Waals surface area contributed by atoms with E-state index >= 15 is 0 Å². The SMILES string of the molecule is CC(C)CN([C@H](CO)CCCCNC(=O)[C@H](Cc1ccccc1Br)NC(=O)N1CCOCC1)S(=O)(=O)c1ccc2c(c1)CCO2. The number of halogens is 1. The van der Waals surface area contributed by atoms with Crippen molar-refractivity contribution in [1.82, 2.24) is 19.8 Å². The number of carbonyl (C=O) groups is 2. The molecule has 2 heterocycles. The number of hydrogen-bond donors (Lipinski definition) is 3. The number of benzene rings is 2. The lowest BCUT2D eigenvalue weighted by molar-refractivity contribution is -0.123. The number of fused-ring (bicyclic) bond motifs is 1. The van der Waals surface area contributed by atoms with Crippen molar-refractivity contribution in [3.05, 3.63) is 58.1 Å². The number of sulfonamides is 1. The highest BCUT2D eigenvalue weighted by Crippen LogP contribution is 2.30. The van der Waals surface area contributed by atoms with E-state index in [1.807, 2.05) is 38.1 Å². The minimum Gasteiger partial charge on any atom is -0.493 e. The Kier molecular flexibility index (Phi) is 13.1. The smallest absolute Gasteiger partial charge is 0.318 e. The van der Waals surface area contributed by atoms with Crippen molar-refractivity contribution in [2.24, 2.45) is 5.92 Å². The summed E-state index contributed by atoms with van der Waals surface area (Å²) in [5.41, 5.74) is 1.77. The first-order valence-corrected chi connectivity index (χ1v) is 17.9. The number of urea groups is 1. The largest absolute Gasteiger partial charge is 0.493 e. The van der Waals surface area contributed by atoms with Gasteiger partial charge in [0.2, 0.25) is 15.9 Å². The van der Waals surface area contributed by atoms with Gasteiger partial charge in [0.1, 0.15) is 11.8 Å². The second kappa shape index (κ2) is 16.7. The van der Waals surface area contributed by atoms with Crippen molar-refractivity contribution in [3.8, 4) is 5.75 Å². The number of ether oxygens (including phenoxy) is 2. The third-order valence-corrected chi connectivity index (χ3v) is 10.7. The van der Waals surface area contributed by atoms with Crippen LogP contribution in [0.15, 0.2) is 51.8 Å². The number of nitrogens with zero attached hydrogens (tertiary/aromatic N) is 2. The molecule has 2 atom stereocenters. The van der Waals surface area contributed by atoms with Crippen LogP contribution in [0.1, 0.15) is 44.2 Å². The Labute approximate surface area is 274 Å². The van der Waals surface area contributed by atoms with Crippen LogP contribution in [0, 0.1) is 5.92 Å². The lowest BCUT2D eigenvalue weighted by Gasteiger charge is -2.31. The molecular weight excluding hydrogens is 664 g/mol. The summed E-state index contributed by atoms with van der Waals surface area (Å²) in [6.07, 6.45) is 2.57. The zero-order valence-electron chi connectivity index (χ0n) is 26.0. The van der Waals surface area contributed by atoms with E-state index in [1.165, 1.54) is 4.31 Å². The monoisotopic (exact) mass is 708 g/mol. The van der Waals surface area contributed by atoms with Gasteiger partial charge in [0, 0.05) is 49.5 Å². The molecule has 1 fully saturated rings. The van der Waals surface area contributed by atoms with E-state index in [9.17, 15) is 23.1 Å². The molecular formula is C32H45BrN4O7S. The Balaban J connectivity index is 1.35. The predicted octanol–water partition coefficient (Wildman–Crippen LogP) is 3.33. The van der Waals surface area contributed by atoms with E-state index < -0.39 is 22.1 Å². The maximum atomic E-state index is 13.8. The fourth-order valence-corrected chi connectivity index (χ4v) is 7.84. The molecule has 2 aromatic rings. The lowest BCUT2D eigenvalue weighted by atomic mass is 10.0. The van der Waals surface area contributed by atoms with Gasteiger partial charge < -0.3 is 30.1 Å². The minimum atomic E-state index is -3.86. The zero-order valence-corrected chi connectivity index (χ0v) is 28.4. The third-order valence-electron chi connectivity index (χ3n) is 7.99. The van der Waals surface area contributed by atoms with E-state index in [0.29, 0.717) is 77.3 Å². The summed E-state index contributed by atoms with van der Waals surface area (Å²) in [6, 6.07) is 10.8. The molecule has 2 aromatic carbocycles. The van der Waals surface area contributed by atoms with E-state index in [4.69, 9.17) is 9.47 Å². The molecule has 0 spiro atoms.